The molecule has 0 aliphatic carbocycles. The van der Waals surface area contributed by atoms with Crippen molar-refractivity contribution >= 4 is 18.9 Å². The fourth-order valence-electron chi connectivity index (χ4n) is 1.45. The van der Waals surface area contributed by atoms with Crippen molar-refractivity contribution < 1.29 is 0 Å². The van der Waals surface area contributed by atoms with Gasteiger partial charge in [-0.2, -0.15) is 0 Å². The number of rotatable bonds is 3. The molecule has 1 aromatic rings. The molecule has 68 valence electrons. The van der Waals surface area contributed by atoms with Crippen LogP contribution in [0.15, 0.2) is 18.2 Å². The Labute approximate surface area is 93.9 Å². The number of hydrogen-bond acceptors (Lipinski definition) is 0. The van der Waals surface area contributed by atoms with Crippen molar-refractivity contribution in [2.75, 3.05) is 0 Å². The average molecular weight is 170 g/mol. The Hall–Kier alpha value is -0.183. The molecule has 1 heteroatoms. The van der Waals surface area contributed by atoms with E-state index in [1.807, 2.05) is 0 Å². The van der Waals surface area contributed by atoms with Crippen molar-refractivity contribution in [3.63, 3.8) is 0 Å². The number of hydrogen-bond donors (Lipinski definition) is 0. The van der Waals surface area contributed by atoms with E-state index in [-0.39, 0.29) is 18.9 Å². The molecule has 0 bridgehead atoms. The second-order valence-electron chi connectivity index (χ2n) is 3.22. The summed E-state index contributed by atoms with van der Waals surface area (Å²) in [5, 5.41) is 0. The van der Waals surface area contributed by atoms with E-state index in [1.54, 1.807) is 0 Å². The van der Waals surface area contributed by atoms with E-state index in [2.05, 4.69) is 39.0 Å². The van der Waals surface area contributed by atoms with Gasteiger partial charge in [0.25, 0.3) is 0 Å². The zero-order valence-electron chi connectivity index (χ0n) is 8.35. The van der Waals surface area contributed by atoms with Gasteiger partial charge in [-0.1, -0.05) is 39.0 Å². The van der Waals surface area contributed by atoms with Crippen LogP contribution in [0.25, 0.3) is 0 Å². The van der Waals surface area contributed by atoms with Crippen LogP contribution in [-0.4, -0.2) is 18.9 Å². The van der Waals surface area contributed by atoms with Crippen molar-refractivity contribution in [1.82, 2.24) is 0 Å². The van der Waals surface area contributed by atoms with Crippen LogP contribution < -0.4 is 0 Å². The first-order chi connectivity index (χ1) is 5.80. The third-order valence-corrected chi connectivity index (χ3v) is 2.34. The molecule has 0 aromatic heterocycles. The van der Waals surface area contributed by atoms with Gasteiger partial charge < -0.3 is 0 Å². The van der Waals surface area contributed by atoms with E-state index >= 15 is 0 Å². The van der Waals surface area contributed by atoms with Gasteiger partial charge in [0.05, 0.1) is 0 Å². The van der Waals surface area contributed by atoms with Gasteiger partial charge in [-0.25, -0.2) is 0 Å². The Morgan fingerprint density at radius 3 is 1.08 bits per heavy atom. The van der Waals surface area contributed by atoms with Crippen molar-refractivity contribution in [3.05, 3.63) is 34.9 Å². The molecule has 0 spiro atoms. The average Bonchev–Trinajstić information content (AvgIpc) is 2.16. The monoisotopic (exact) mass is 170 g/mol. The van der Waals surface area contributed by atoms with Gasteiger partial charge in [-0.3, -0.25) is 0 Å². The summed E-state index contributed by atoms with van der Waals surface area (Å²) in [7, 11) is 0. The molecule has 0 aliphatic heterocycles. The van der Waals surface area contributed by atoms with Gasteiger partial charge in [0.2, 0.25) is 0 Å². The Morgan fingerprint density at radius 2 is 0.923 bits per heavy atom. The summed E-state index contributed by atoms with van der Waals surface area (Å²) < 4.78 is 0. The van der Waals surface area contributed by atoms with E-state index in [1.165, 1.54) is 16.7 Å². The van der Waals surface area contributed by atoms with E-state index in [9.17, 15) is 0 Å². The van der Waals surface area contributed by atoms with Crippen molar-refractivity contribution in [1.29, 1.82) is 0 Å². The molecule has 0 radical (unpaired) electrons. The van der Waals surface area contributed by atoms with Gasteiger partial charge in [0.1, 0.15) is 0 Å². The van der Waals surface area contributed by atoms with E-state index in [0.29, 0.717) is 0 Å². The minimum absolute atomic E-state index is 0. The van der Waals surface area contributed by atoms with Crippen LogP contribution in [0.2, 0.25) is 0 Å². The van der Waals surface area contributed by atoms with E-state index < -0.39 is 0 Å². The number of benzene rings is 1. The van der Waals surface area contributed by atoms with Gasteiger partial charge in [-0.05, 0) is 36.0 Å². The molecule has 0 atom stereocenters. The van der Waals surface area contributed by atoms with E-state index in [0.717, 1.165) is 19.3 Å². The normalized spacial score (nSPS) is 9.46. The zero-order chi connectivity index (χ0) is 8.97. The predicted octanol–water partition coefficient (Wildman–Crippen LogP) is 2.73. The standard InChI is InChI=1S/C12H18.Li.H/c1-4-10-7-11(5-2)9-12(6-3)8-10;;/h7-9H,4-6H2,1-3H3;;. The fraction of sp³-hybridized carbons (Fsp3) is 0.500. The van der Waals surface area contributed by atoms with Crippen molar-refractivity contribution in [3.8, 4) is 0 Å². The first-order valence-corrected chi connectivity index (χ1v) is 4.91. The molecular formula is C12H19Li. The van der Waals surface area contributed by atoms with Gasteiger partial charge in [0.15, 0.2) is 0 Å². The summed E-state index contributed by atoms with van der Waals surface area (Å²) in [5.74, 6) is 0. The molecule has 0 fully saturated rings. The molecular weight excluding hydrogens is 151 g/mol. The maximum atomic E-state index is 2.32. The van der Waals surface area contributed by atoms with Crippen molar-refractivity contribution in [2.45, 2.75) is 40.0 Å². The molecule has 0 aliphatic rings. The summed E-state index contributed by atoms with van der Waals surface area (Å²) in [6.07, 6.45) is 3.46. The predicted molar refractivity (Wildman–Crippen MR) is 61.7 cm³/mol. The topological polar surface area (TPSA) is 0 Å². The second kappa shape index (κ2) is 6.30. The third-order valence-electron chi connectivity index (χ3n) is 2.34. The van der Waals surface area contributed by atoms with Crippen LogP contribution >= 0.6 is 0 Å². The van der Waals surface area contributed by atoms with Crippen LogP contribution in [0.1, 0.15) is 37.5 Å². The van der Waals surface area contributed by atoms with Crippen LogP contribution in [0, 0.1) is 0 Å². The molecule has 0 unspecified atom stereocenters. The molecule has 0 amide bonds. The van der Waals surface area contributed by atoms with Crippen LogP contribution in [-0.2, 0) is 19.3 Å². The third kappa shape index (κ3) is 3.59. The zero-order valence-corrected chi connectivity index (χ0v) is 8.35. The first-order valence-electron chi connectivity index (χ1n) is 4.91. The summed E-state index contributed by atoms with van der Waals surface area (Å²) in [6, 6.07) is 6.96. The number of aryl methyl sites for hydroxylation is 3. The Morgan fingerprint density at radius 1 is 0.692 bits per heavy atom. The van der Waals surface area contributed by atoms with Gasteiger partial charge in [0, 0.05) is 0 Å². The Bertz CT molecular complexity index is 198. The summed E-state index contributed by atoms with van der Waals surface area (Å²) in [5.41, 5.74) is 4.43. The summed E-state index contributed by atoms with van der Waals surface area (Å²) in [4.78, 5) is 0. The Balaban J connectivity index is 0.00000144. The quantitative estimate of drug-likeness (QED) is 0.612. The van der Waals surface area contributed by atoms with Crippen LogP contribution in [0.5, 0.6) is 0 Å². The van der Waals surface area contributed by atoms with Crippen LogP contribution in [0.3, 0.4) is 0 Å². The van der Waals surface area contributed by atoms with E-state index in [4.69, 9.17) is 0 Å². The van der Waals surface area contributed by atoms with Crippen molar-refractivity contribution in [2.24, 2.45) is 0 Å². The summed E-state index contributed by atoms with van der Waals surface area (Å²) >= 11 is 0. The molecule has 1 aromatic carbocycles. The SMILES string of the molecule is CCc1cc(CC)cc(CC)c1.[LiH]. The molecule has 0 nitrogen and oxygen atoms in total. The fourth-order valence-corrected chi connectivity index (χ4v) is 1.45. The maximum absolute atomic E-state index is 2.32. The second-order valence-corrected chi connectivity index (χ2v) is 3.22. The molecule has 0 N–H and O–H groups in total. The van der Waals surface area contributed by atoms with Crippen LogP contribution in [0.4, 0.5) is 0 Å². The van der Waals surface area contributed by atoms with Gasteiger partial charge >= 0.3 is 18.9 Å². The molecule has 0 heterocycles. The first kappa shape index (κ1) is 12.8. The molecule has 13 heavy (non-hydrogen) atoms. The molecule has 0 saturated heterocycles. The van der Waals surface area contributed by atoms with Gasteiger partial charge in [-0.15, -0.1) is 0 Å². The Kier molecular flexibility index (Phi) is 6.21. The minimum atomic E-state index is 0. The summed E-state index contributed by atoms with van der Waals surface area (Å²) in [6.45, 7) is 6.65. The molecule has 0 saturated carbocycles. The molecule has 1 rings (SSSR count).